The van der Waals surface area contributed by atoms with Gasteiger partial charge in [0.15, 0.2) is 0 Å². The smallest absolute Gasteiger partial charge is 0.109 e. The average Bonchev–Trinajstić information content (AvgIpc) is 2.16. The van der Waals surface area contributed by atoms with Crippen molar-refractivity contribution in [1.29, 1.82) is 0 Å². The standard InChI is InChI=1S/C11H17NO/c1-4-12-13-11(2,3)10-8-6-5-7-9-10/h5-9,12H,4H2,1-3H3. The molecule has 0 atom stereocenters. The van der Waals surface area contributed by atoms with E-state index < -0.39 is 0 Å². The fourth-order valence-corrected chi connectivity index (χ4v) is 1.15. The maximum atomic E-state index is 5.51. The molecule has 0 saturated heterocycles. The Bertz CT molecular complexity index is 244. The summed E-state index contributed by atoms with van der Waals surface area (Å²) in [5.74, 6) is 0. The SMILES string of the molecule is CCNOC(C)(C)c1ccccc1. The molecule has 0 unspecified atom stereocenters. The topological polar surface area (TPSA) is 21.3 Å². The highest BCUT2D eigenvalue weighted by Crippen LogP contribution is 2.22. The molecule has 0 heterocycles. The van der Waals surface area contributed by atoms with Crippen molar-refractivity contribution in [2.24, 2.45) is 0 Å². The molecule has 2 heteroatoms. The van der Waals surface area contributed by atoms with E-state index in [1.165, 1.54) is 5.56 Å². The monoisotopic (exact) mass is 179 g/mol. The Balaban J connectivity index is 2.69. The fraction of sp³-hybridized carbons (Fsp3) is 0.455. The molecule has 0 amide bonds. The zero-order valence-corrected chi connectivity index (χ0v) is 8.50. The molecule has 0 aliphatic rings. The van der Waals surface area contributed by atoms with E-state index in [9.17, 15) is 0 Å². The molecule has 1 N–H and O–H groups in total. The van der Waals surface area contributed by atoms with Crippen LogP contribution in [0.25, 0.3) is 0 Å². The van der Waals surface area contributed by atoms with Crippen LogP contribution in [-0.4, -0.2) is 6.54 Å². The van der Waals surface area contributed by atoms with Crippen LogP contribution in [0.1, 0.15) is 26.3 Å². The van der Waals surface area contributed by atoms with E-state index in [-0.39, 0.29) is 5.60 Å². The number of benzene rings is 1. The maximum absolute atomic E-state index is 5.51. The first-order chi connectivity index (χ1) is 6.17. The molecule has 1 aromatic rings. The van der Waals surface area contributed by atoms with E-state index in [1.54, 1.807) is 0 Å². The Hall–Kier alpha value is -0.860. The van der Waals surface area contributed by atoms with Crippen LogP contribution in [0.15, 0.2) is 30.3 Å². The van der Waals surface area contributed by atoms with E-state index in [0.717, 1.165) is 6.54 Å². The fourth-order valence-electron chi connectivity index (χ4n) is 1.15. The minimum Gasteiger partial charge on any atom is -0.291 e. The van der Waals surface area contributed by atoms with Gasteiger partial charge in [0.1, 0.15) is 5.60 Å². The molecule has 0 aromatic heterocycles. The third-order valence-electron chi connectivity index (χ3n) is 1.94. The third-order valence-corrected chi connectivity index (χ3v) is 1.94. The molecule has 0 aliphatic heterocycles. The van der Waals surface area contributed by atoms with Crippen molar-refractivity contribution in [2.45, 2.75) is 26.4 Å². The molecule has 1 rings (SSSR count). The summed E-state index contributed by atoms with van der Waals surface area (Å²) in [7, 11) is 0. The molecule has 13 heavy (non-hydrogen) atoms. The molecule has 2 nitrogen and oxygen atoms in total. The lowest BCUT2D eigenvalue weighted by molar-refractivity contribution is -0.0871. The molecule has 0 spiro atoms. The summed E-state index contributed by atoms with van der Waals surface area (Å²) in [4.78, 5) is 5.51. The summed E-state index contributed by atoms with van der Waals surface area (Å²) in [5, 5.41) is 0. The van der Waals surface area contributed by atoms with Crippen molar-refractivity contribution in [2.75, 3.05) is 6.54 Å². The lowest BCUT2D eigenvalue weighted by Gasteiger charge is -2.25. The van der Waals surface area contributed by atoms with E-state index in [2.05, 4.69) is 17.6 Å². The summed E-state index contributed by atoms with van der Waals surface area (Å²) < 4.78 is 0. The van der Waals surface area contributed by atoms with Crippen LogP contribution in [0.5, 0.6) is 0 Å². The van der Waals surface area contributed by atoms with E-state index in [0.29, 0.717) is 0 Å². The van der Waals surface area contributed by atoms with E-state index >= 15 is 0 Å². The number of hydrogen-bond acceptors (Lipinski definition) is 2. The highest BCUT2D eigenvalue weighted by Gasteiger charge is 2.20. The zero-order valence-electron chi connectivity index (χ0n) is 8.50. The van der Waals surface area contributed by atoms with Gasteiger partial charge < -0.3 is 0 Å². The Kier molecular flexibility index (Phi) is 3.46. The summed E-state index contributed by atoms with van der Waals surface area (Å²) >= 11 is 0. The highest BCUT2D eigenvalue weighted by molar-refractivity contribution is 5.20. The number of hydrogen-bond donors (Lipinski definition) is 1. The molecule has 0 saturated carbocycles. The maximum Gasteiger partial charge on any atom is 0.109 e. The first-order valence-electron chi connectivity index (χ1n) is 4.63. The van der Waals surface area contributed by atoms with Gasteiger partial charge in [-0.2, -0.15) is 0 Å². The van der Waals surface area contributed by atoms with Crippen LogP contribution in [-0.2, 0) is 10.4 Å². The third kappa shape index (κ3) is 2.83. The second-order valence-electron chi connectivity index (χ2n) is 3.48. The summed E-state index contributed by atoms with van der Waals surface area (Å²) in [6.07, 6.45) is 0. The predicted octanol–water partition coefficient (Wildman–Crippen LogP) is 2.46. The van der Waals surface area contributed by atoms with Gasteiger partial charge in [-0.1, -0.05) is 37.3 Å². The van der Waals surface area contributed by atoms with Gasteiger partial charge in [0.05, 0.1) is 0 Å². The predicted molar refractivity (Wildman–Crippen MR) is 54.2 cm³/mol. The minimum absolute atomic E-state index is 0.267. The van der Waals surface area contributed by atoms with Crippen molar-refractivity contribution in [3.63, 3.8) is 0 Å². The minimum atomic E-state index is -0.267. The highest BCUT2D eigenvalue weighted by atomic mass is 16.7. The lowest BCUT2D eigenvalue weighted by atomic mass is 9.99. The van der Waals surface area contributed by atoms with Crippen LogP contribution < -0.4 is 5.48 Å². The summed E-state index contributed by atoms with van der Waals surface area (Å²) in [5.41, 5.74) is 3.80. The van der Waals surface area contributed by atoms with Crippen LogP contribution in [0.3, 0.4) is 0 Å². The molecule has 0 aliphatic carbocycles. The van der Waals surface area contributed by atoms with Gasteiger partial charge in [-0.3, -0.25) is 4.84 Å². The largest absolute Gasteiger partial charge is 0.291 e. The van der Waals surface area contributed by atoms with E-state index in [1.807, 2.05) is 39.0 Å². The molecular formula is C11H17NO. The Morgan fingerprint density at radius 2 is 1.85 bits per heavy atom. The van der Waals surface area contributed by atoms with Gasteiger partial charge in [0.2, 0.25) is 0 Å². The Morgan fingerprint density at radius 1 is 1.23 bits per heavy atom. The van der Waals surface area contributed by atoms with Gasteiger partial charge >= 0.3 is 0 Å². The molecule has 1 aromatic carbocycles. The Labute approximate surface area is 79.9 Å². The van der Waals surface area contributed by atoms with Crippen molar-refractivity contribution >= 4 is 0 Å². The van der Waals surface area contributed by atoms with Crippen molar-refractivity contribution in [3.8, 4) is 0 Å². The van der Waals surface area contributed by atoms with Gasteiger partial charge in [-0.05, 0) is 19.4 Å². The van der Waals surface area contributed by atoms with Crippen molar-refractivity contribution in [3.05, 3.63) is 35.9 Å². The van der Waals surface area contributed by atoms with Gasteiger partial charge in [-0.15, -0.1) is 0 Å². The first-order valence-corrected chi connectivity index (χ1v) is 4.63. The van der Waals surface area contributed by atoms with Gasteiger partial charge in [0.25, 0.3) is 0 Å². The van der Waals surface area contributed by atoms with Crippen LogP contribution in [0, 0.1) is 0 Å². The molecular weight excluding hydrogens is 162 g/mol. The van der Waals surface area contributed by atoms with Crippen LogP contribution >= 0.6 is 0 Å². The Morgan fingerprint density at radius 3 is 2.38 bits per heavy atom. The normalized spacial score (nSPS) is 11.6. The molecule has 0 fully saturated rings. The van der Waals surface area contributed by atoms with E-state index in [4.69, 9.17) is 4.84 Å². The second-order valence-corrected chi connectivity index (χ2v) is 3.48. The summed E-state index contributed by atoms with van der Waals surface area (Å²) in [6.45, 7) is 6.92. The van der Waals surface area contributed by atoms with Crippen molar-refractivity contribution < 1.29 is 4.84 Å². The first kappa shape index (κ1) is 10.2. The second kappa shape index (κ2) is 4.40. The van der Waals surface area contributed by atoms with Gasteiger partial charge in [-0.25, -0.2) is 5.48 Å². The molecule has 0 radical (unpaired) electrons. The number of rotatable bonds is 4. The quantitative estimate of drug-likeness (QED) is 0.717. The molecule has 0 bridgehead atoms. The number of nitrogens with one attached hydrogen (secondary N) is 1. The zero-order chi connectivity index (χ0) is 9.73. The lowest BCUT2D eigenvalue weighted by Crippen LogP contribution is -2.29. The van der Waals surface area contributed by atoms with Gasteiger partial charge in [0, 0.05) is 6.54 Å². The summed E-state index contributed by atoms with van der Waals surface area (Å²) in [6, 6.07) is 10.2. The number of hydroxylamine groups is 1. The van der Waals surface area contributed by atoms with Crippen LogP contribution in [0.4, 0.5) is 0 Å². The van der Waals surface area contributed by atoms with Crippen LogP contribution in [0.2, 0.25) is 0 Å². The van der Waals surface area contributed by atoms with Crippen molar-refractivity contribution in [1.82, 2.24) is 5.48 Å². The molecule has 72 valence electrons. The average molecular weight is 179 g/mol.